The van der Waals surface area contributed by atoms with E-state index in [4.69, 9.17) is 0 Å². The van der Waals surface area contributed by atoms with E-state index in [1.54, 1.807) is 24.1 Å². The molecule has 1 saturated heterocycles. The number of likely N-dealkylation sites (tertiary alicyclic amines) is 1. The second kappa shape index (κ2) is 9.06. The standard InChI is InChI=1S/C25H35FN4O3/c1-15-8-9-20(26)19-13-21(28-22(15)19)23(31)27-16-6-5-7-17(12-16)30-11-10-18(14-30)29(4)24(32)25(2,3)33/h8-9,13,16-18,28,33H,5-7,10-12,14H2,1-4H3,(H,27,31)/t16-,17-,18?/m1/s1. The van der Waals surface area contributed by atoms with E-state index in [1.807, 2.05) is 6.92 Å². The van der Waals surface area contributed by atoms with Crippen LogP contribution in [0.2, 0.25) is 0 Å². The third kappa shape index (κ3) is 4.92. The van der Waals surface area contributed by atoms with Crippen molar-refractivity contribution >= 4 is 22.7 Å². The molecule has 2 heterocycles. The van der Waals surface area contributed by atoms with Crippen LogP contribution in [0.4, 0.5) is 4.39 Å². The van der Waals surface area contributed by atoms with Crippen LogP contribution in [0, 0.1) is 12.7 Å². The molecule has 1 unspecified atom stereocenters. The fraction of sp³-hybridized carbons (Fsp3) is 0.600. The molecule has 1 aromatic heterocycles. The maximum atomic E-state index is 14.1. The number of halogens is 1. The smallest absolute Gasteiger partial charge is 0.267 e. The largest absolute Gasteiger partial charge is 0.381 e. The summed E-state index contributed by atoms with van der Waals surface area (Å²) in [5.74, 6) is -0.793. The van der Waals surface area contributed by atoms with E-state index in [9.17, 15) is 19.1 Å². The van der Waals surface area contributed by atoms with Gasteiger partial charge < -0.3 is 20.3 Å². The van der Waals surface area contributed by atoms with Crippen LogP contribution in [0.1, 0.15) is 62.0 Å². The summed E-state index contributed by atoms with van der Waals surface area (Å²) in [5, 5.41) is 13.6. The number of aliphatic hydroxyl groups is 1. The van der Waals surface area contributed by atoms with E-state index in [0.29, 0.717) is 22.6 Å². The summed E-state index contributed by atoms with van der Waals surface area (Å²) in [6.45, 7) is 6.62. The van der Waals surface area contributed by atoms with Crippen LogP contribution >= 0.6 is 0 Å². The number of likely N-dealkylation sites (N-methyl/N-ethyl adjacent to an activating group) is 1. The van der Waals surface area contributed by atoms with Gasteiger partial charge in [0, 0.05) is 43.6 Å². The number of aromatic amines is 1. The Bertz CT molecular complexity index is 1010. The lowest BCUT2D eigenvalue weighted by Gasteiger charge is -2.36. The number of hydrogen-bond acceptors (Lipinski definition) is 4. The van der Waals surface area contributed by atoms with Crippen LogP contribution in [0.15, 0.2) is 18.2 Å². The van der Waals surface area contributed by atoms with Gasteiger partial charge >= 0.3 is 0 Å². The molecule has 33 heavy (non-hydrogen) atoms. The van der Waals surface area contributed by atoms with Crippen LogP contribution in [-0.2, 0) is 4.79 Å². The highest BCUT2D eigenvalue weighted by atomic mass is 19.1. The summed E-state index contributed by atoms with van der Waals surface area (Å²) < 4.78 is 14.1. The number of nitrogens with one attached hydrogen (secondary N) is 2. The van der Waals surface area contributed by atoms with E-state index < -0.39 is 5.60 Å². The normalized spacial score (nSPS) is 24.2. The van der Waals surface area contributed by atoms with Crippen LogP contribution in [0.5, 0.6) is 0 Å². The molecule has 2 aromatic rings. The van der Waals surface area contributed by atoms with Gasteiger partial charge in [-0.2, -0.15) is 0 Å². The van der Waals surface area contributed by atoms with Gasteiger partial charge in [0.05, 0.1) is 5.52 Å². The topological polar surface area (TPSA) is 88.7 Å². The molecular formula is C25H35FN4O3. The molecule has 2 amide bonds. The second-order valence-corrected chi connectivity index (χ2v) is 10.2. The Morgan fingerprint density at radius 1 is 1.27 bits per heavy atom. The molecular weight excluding hydrogens is 423 g/mol. The Morgan fingerprint density at radius 2 is 2.03 bits per heavy atom. The lowest BCUT2D eigenvalue weighted by atomic mass is 9.90. The number of aromatic nitrogens is 1. The average Bonchev–Trinajstić information content (AvgIpc) is 3.43. The lowest BCUT2D eigenvalue weighted by Crippen LogP contribution is -2.50. The summed E-state index contributed by atoms with van der Waals surface area (Å²) in [4.78, 5) is 32.5. The van der Waals surface area contributed by atoms with Crippen molar-refractivity contribution in [1.82, 2.24) is 20.1 Å². The van der Waals surface area contributed by atoms with E-state index in [0.717, 1.165) is 50.8 Å². The van der Waals surface area contributed by atoms with Crippen molar-refractivity contribution in [2.75, 3.05) is 20.1 Å². The first-order valence-electron chi connectivity index (χ1n) is 11.9. The average molecular weight is 459 g/mol. The number of H-pyrrole nitrogens is 1. The van der Waals surface area contributed by atoms with Gasteiger partial charge in [0.15, 0.2) is 0 Å². The van der Waals surface area contributed by atoms with E-state index in [-0.39, 0.29) is 29.7 Å². The lowest BCUT2D eigenvalue weighted by molar-refractivity contribution is -0.148. The molecule has 0 bridgehead atoms. The Balaban J connectivity index is 1.36. The molecule has 1 aliphatic heterocycles. The first kappa shape index (κ1) is 23.7. The predicted molar refractivity (Wildman–Crippen MR) is 126 cm³/mol. The highest BCUT2D eigenvalue weighted by molar-refractivity contribution is 5.99. The van der Waals surface area contributed by atoms with Gasteiger partial charge in [0.25, 0.3) is 11.8 Å². The van der Waals surface area contributed by atoms with Crippen molar-refractivity contribution < 1.29 is 19.1 Å². The van der Waals surface area contributed by atoms with Crippen LogP contribution in [0.3, 0.4) is 0 Å². The molecule has 180 valence electrons. The monoisotopic (exact) mass is 458 g/mol. The maximum Gasteiger partial charge on any atom is 0.267 e. The molecule has 1 saturated carbocycles. The van der Waals surface area contributed by atoms with Gasteiger partial charge in [-0.1, -0.05) is 6.07 Å². The Hall–Kier alpha value is -2.45. The van der Waals surface area contributed by atoms with Crippen LogP contribution in [-0.4, -0.2) is 75.6 Å². The fourth-order valence-corrected chi connectivity index (χ4v) is 5.35. The predicted octanol–water partition coefficient (Wildman–Crippen LogP) is 2.96. The maximum absolute atomic E-state index is 14.1. The van der Waals surface area contributed by atoms with Crippen LogP contribution < -0.4 is 5.32 Å². The first-order chi connectivity index (χ1) is 15.5. The fourth-order valence-electron chi connectivity index (χ4n) is 5.35. The molecule has 3 atom stereocenters. The summed E-state index contributed by atoms with van der Waals surface area (Å²) in [6.07, 6.45) is 4.75. The minimum absolute atomic E-state index is 0.0587. The Kier molecular flexibility index (Phi) is 6.51. The van der Waals surface area contributed by atoms with Gasteiger partial charge in [0.1, 0.15) is 17.1 Å². The van der Waals surface area contributed by atoms with Crippen molar-refractivity contribution in [2.45, 2.75) is 76.6 Å². The number of carbonyl (C=O) groups is 2. The third-order valence-electron chi connectivity index (χ3n) is 7.28. The molecule has 0 spiro atoms. The van der Waals surface area contributed by atoms with Gasteiger partial charge in [0.2, 0.25) is 0 Å². The number of hydrogen-bond donors (Lipinski definition) is 3. The van der Waals surface area contributed by atoms with Crippen molar-refractivity contribution in [1.29, 1.82) is 0 Å². The van der Waals surface area contributed by atoms with Crippen molar-refractivity contribution in [3.8, 4) is 0 Å². The van der Waals surface area contributed by atoms with Crippen LogP contribution in [0.25, 0.3) is 10.9 Å². The molecule has 7 nitrogen and oxygen atoms in total. The molecule has 2 fully saturated rings. The highest BCUT2D eigenvalue weighted by Crippen LogP contribution is 2.29. The van der Waals surface area contributed by atoms with Crippen molar-refractivity contribution in [3.05, 3.63) is 35.3 Å². The Labute approximate surface area is 194 Å². The molecule has 3 N–H and O–H groups in total. The Morgan fingerprint density at radius 3 is 2.73 bits per heavy atom. The summed E-state index contributed by atoms with van der Waals surface area (Å²) >= 11 is 0. The van der Waals surface area contributed by atoms with E-state index in [2.05, 4.69) is 15.2 Å². The van der Waals surface area contributed by atoms with Crippen molar-refractivity contribution in [3.63, 3.8) is 0 Å². The second-order valence-electron chi connectivity index (χ2n) is 10.2. The third-order valence-corrected chi connectivity index (χ3v) is 7.28. The first-order valence-corrected chi connectivity index (χ1v) is 11.9. The number of amides is 2. The van der Waals surface area contributed by atoms with E-state index in [1.165, 1.54) is 19.9 Å². The highest BCUT2D eigenvalue weighted by Gasteiger charge is 2.37. The number of benzene rings is 1. The SMILES string of the molecule is Cc1ccc(F)c2cc(C(=O)N[C@@H]3CCC[C@@H](N4CCC(N(C)C(=O)C(C)(C)O)C4)C3)[nH]c12. The zero-order chi connectivity index (χ0) is 23.9. The quantitative estimate of drug-likeness (QED) is 0.643. The molecule has 2 aliphatic rings. The molecule has 1 aromatic carbocycles. The molecule has 1 aliphatic carbocycles. The minimum Gasteiger partial charge on any atom is -0.381 e. The van der Waals surface area contributed by atoms with Gasteiger partial charge in [-0.15, -0.1) is 0 Å². The number of nitrogens with zero attached hydrogens (tertiary/aromatic N) is 2. The molecule has 8 heteroatoms. The molecule has 0 radical (unpaired) electrons. The summed E-state index contributed by atoms with van der Waals surface area (Å²) in [6, 6.07) is 5.22. The number of rotatable bonds is 5. The van der Waals surface area contributed by atoms with E-state index >= 15 is 0 Å². The van der Waals surface area contributed by atoms with Gasteiger partial charge in [-0.3, -0.25) is 14.5 Å². The number of aryl methyl sites for hydroxylation is 1. The minimum atomic E-state index is -1.37. The van der Waals surface area contributed by atoms with Gasteiger partial charge in [-0.25, -0.2) is 4.39 Å². The number of fused-ring (bicyclic) bond motifs is 1. The summed E-state index contributed by atoms with van der Waals surface area (Å²) in [5.41, 5.74) is 0.578. The number of carbonyl (C=O) groups excluding carboxylic acids is 2. The summed E-state index contributed by atoms with van der Waals surface area (Å²) in [7, 11) is 1.77. The van der Waals surface area contributed by atoms with Gasteiger partial charge in [-0.05, 0) is 70.6 Å². The van der Waals surface area contributed by atoms with Crippen molar-refractivity contribution in [2.24, 2.45) is 0 Å². The zero-order valence-corrected chi connectivity index (χ0v) is 19.9. The zero-order valence-electron chi connectivity index (χ0n) is 19.9. The molecule has 4 rings (SSSR count).